The second-order valence-corrected chi connectivity index (χ2v) is 7.70. The Labute approximate surface area is 125 Å². The van der Waals surface area contributed by atoms with E-state index in [1.165, 1.54) is 17.0 Å². The monoisotopic (exact) mass is 289 g/mol. The number of rotatable bonds is 4. The van der Waals surface area contributed by atoms with Crippen LogP contribution in [0.3, 0.4) is 0 Å². The van der Waals surface area contributed by atoms with Gasteiger partial charge in [0.25, 0.3) is 0 Å². The quantitative estimate of drug-likeness (QED) is 0.937. The zero-order chi connectivity index (χ0) is 14.2. The molecule has 4 heteroatoms. The number of imidazole rings is 1. The van der Waals surface area contributed by atoms with E-state index in [4.69, 9.17) is 0 Å². The Balaban J connectivity index is 1.87. The number of hydrogen-bond acceptors (Lipinski definition) is 3. The highest BCUT2D eigenvalue weighted by molar-refractivity contribution is 7.10. The van der Waals surface area contributed by atoms with Gasteiger partial charge in [-0.05, 0) is 24.4 Å². The molecule has 2 aromatic rings. The lowest BCUT2D eigenvalue weighted by Crippen LogP contribution is -2.31. The topological polar surface area (TPSA) is 29.9 Å². The van der Waals surface area contributed by atoms with Gasteiger partial charge >= 0.3 is 0 Å². The van der Waals surface area contributed by atoms with E-state index in [9.17, 15) is 0 Å². The van der Waals surface area contributed by atoms with Crippen molar-refractivity contribution in [1.29, 1.82) is 0 Å². The molecule has 108 valence electrons. The molecule has 1 fully saturated rings. The van der Waals surface area contributed by atoms with Crippen molar-refractivity contribution in [2.24, 2.45) is 0 Å². The Hall–Kier alpha value is -1.13. The van der Waals surface area contributed by atoms with Gasteiger partial charge in [0.15, 0.2) is 0 Å². The summed E-state index contributed by atoms with van der Waals surface area (Å²) in [5.41, 5.74) is 1.74. The van der Waals surface area contributed by atoms with Crippen LogP contribution in [-0.2, 0) is 17.4 Å². The number of thiophene rings is 1. The Morgan fingerprint density at radius 2 is 2.35 bits per heavy atom. The first-order valence-corrected chi connectivity index (χ1v) is 8.15. The van der Waals surface area contributed by atoms with E-state index in [-0.39, 0.29) is 10.8 Å². The molecule has 0 saturated carbocycles. The standard InChI is InChI=1S/C16H23N3S/c1-15(2,14-5-4-8-20-14)11-19-12-18-9-13(19)16(3)6-7-17-10-16/h4-5,8-9,12,17H,6-7,10-11H2,1-3H3. The van der Waals surface area contributed by atoms with Gasteiger partial charge in [-0.3, -0.25) is 0 Å². The summed E-state index contributed by atoms with van der Waals surface area (Å²) in [6.07, 6.45) is 5.24. The average molecular weight is 289 g/mol. The van der Waals surface area contributed by atoms with Gasteiger partial charge in [0.05, 0.1) is 6.33 Å². The molecular weight excluding hydrogens is 266 g/mol. The lowest BCUT2D eigenvalue weighted by atomic mass is 9.85. The maximum absolute atomic E-state index is 4.42. The third-order valence-electron chi connectivity index (χ3n) is 4.45. The second kappa shape index (κ2) is 5.01. The maximum atomic E-state index is 4.42. The molecular formula is C16H23N3S. The summed E-state index contributed by atoms with van der Waals surface area (Å²) in [5, 5.41) is 5.64. The van der Waals surface area contributed by atoms with Gasteiger partial charge in [0, 0.05) is 40.7 Å². The molecule has 3 heterocycles. The van der Waals surface area contributed by atoms with Crippen LogP contribution >= 0.6 is 11.3 Å². The molecule has 3 rings (SSSR count). The smallest absolute Gasteiger partial charge is 0.0948 e. The first kappa shape index (κ1) is 13.8. The largest absolute Gasteiger partial charge is 0.333 e. The van der Waals surface area contributed by atoms with Crippen LogP contribution in [0, 0.1) is 0 Å². The van der Waals surface area contributed by atoms with Gasteiger partial charge in [-0.25, -0.2) is 4.98 Å². The van der Waals surface area contributed by atoms with Crippen molar-refractivity contribution in [2.75, 3.05) is 13.1 Å². The molecule has 0 aliphatic carbocycles. The van der Waals surface area contributed by atoms with Gasteiger partial charge in [0.1, 0.15) is 0 Å². The van der Waals surface area contributed by atoms with Crippen molar-refractivity contribution >= 4 is 11.3 Å². The first-order valence-electron chi connectivity index (χ1n) is 7.27. The number of aromatic nitrogens is 2. The number of nitrogens with one attached hydrogen (secondary N) is 1. The molecule has 0 aromatic carbocycles. The lowest BCUT2D eigenvalue weighted by molar-refractivity contribution is 0.400. The predicted octanol–water partition coefficient (Wildman–Crippen LogP) is 3.17. The fourth-order valence-corrected chi connectivity index (χ4v) is 4.00. The normalized spacial score (nSPS) is 23.4. The van der Waals surface area contributed by atoms with E-state index >= 15 is 0 Å². The minimum absolute atomic E-state index is 0.145. The minimum Gasteiger partial charge on any atom is -0.333 e. The molecule has 1 saturated heterocycles. The predicted molar refractivity (Wildman–Crippen MR) is 84.4 cm³/mol. The molecule has 2 aromatic heterocycles. The first-order chi connectivity index (χ1) is 9.51. The molecule has 1 atom stereocenters. The van der Waals surface area contributed by atoms with Gasteiger partial charge in [-0.2, -0.15) is 0 Å². The molecule has 3 nitrogen and oxygen atoms in total. The Morgan fingerprint density at radius 3 is 3.00 bits per heavy atom. The van der Waals surface area contributed by atoms with Crippen LogP contribution in [0.4, 0.5) is 0 Å². The zero-order valence-corrected chi connectivity index (χ0v) is 13.3. The fourth-order valence-electron chi connectivity index (χ4n) is 3.15. The summed E-state index contributed by atoms with van der Waals surface area (Å²) in [6, 6.07) is 4.37. The molecule has 20 heavy (non-hydrogen) atoms. The van der Waals surface area contributed by atoms with Crippen LogP contribution in [0.2, 0.25) is 0 Å². The van der Waals surface area contributed by atoms with Crippen molar-refractivity contribution in [3.8, 4) is 0 Å². The Morgan fingerprint density at radius 1 is 1.50 bits per heavy atom. The SMILES string of the molecule is CC(C)(Cn1cncc1C1(C)CCNC1)c1cccs1. The molecule has 1 aliphatic heterocycles. The summed E-state index contributed by atoms with van der Waals surface area (Å²) >= 11 is 1.84. The molecule has 0 bridgehead atoms. The summed E-state index contributed by atoms with van der Waals surface area (Å²) in [6.45, 7) is 10.1. The fraction of sp³-hybridized carbons (Fsp3) is 0.562. The highest BCUT2D eigenvalue weighted by Crippen LogP contribution is 2.33. The van der Waals surface area contributed by atoms with E-state index in [1.807, 2.05) is 17.7 Å². The molecule has 0 spiro atoms. The van der Waals surface area contributed by atoms with E-state index in [0.717, 1.165) is 19.6 Å². The van der Waals surface area contributed by atoms with Gasteiger partial charge in [-0.1, -0.05) is 26.8 Å². The summed E-state index contributed by atoms with van der Waals surface area (Å²) in [5.74, 6) is 0. The van der Waals surface area contributed by atoms with Crippen molar-refractivity contribution in [3.05, 3.63) is 40.6 Å². The average Bonchev–Trinajstić information content (AvgIpc) is 3.07. The van der Waals surface area contributed by atoms with E-state index < -0.39 is 0 Å². The molecule has 1 unspecified atom stereocenters. The number of hydrogen-bond donors (Lipinski definition) is 1. The van der Waals surface area contributed by atoms with Crippen LogP contribution in [0.1, 0.15) is 37.8 Å². The van der Waals surface area contributed by atoms with Crippen LogP contribution in [0.5, 0.6) is 0 Å². The van der Waals surface area contributed by atoms with Crippen LogP contribution in [0.15, 0.2) is 30.0 Å². The van der Waals surface area contributed by atoms with Crippen molar-refractivity contribution in [2.45, 2.75) is 44.6 Å². The van der Waals surface area contributed by atoms with Crippen molar-refractivity contribution in [3.63, 3.8) is 0 Å². The maximum Gasteiger partial charge on any atom is 0.0948 e. The van der Waals surface area contributed by atoms with Crippen LogP contribution < -0.4 is 5.32 Å². The van der Waals surface area contributed by atoms with Gasteiger partial charge in [-0.15, -0.1) is 11.3 Å². The summed E-state index contributed by atoms with van der Waals surface area (Å²) < 4.78 is 2.35. The molecule has 1 aliphatic rings. The van der Waals surface area contributed by atoms with Gasteiger partial charge < -0.3 is 9.88 Å². The Bertz CT molecular complexity index is 562. The van der Waals surface area contributed by atoms with Gasteiger partial charge in [0.2, 0.25) is 0 Å². The van der Waals surface area contributed by atoms with E-state index in [1.54, 1.807) is 0 Å². The van der Waals surface area contributed by atoms with Crippen LogP contribution in [0.25, 0.3) is 0 Å². The molecule has 0 amide bonds. The van der Waals surface area contributed by atoms with Crippen molar-refractivity contribution in [1.82, 2.24) is 14.9 Å². The minimum atomic E-state index is 0.145. The lowest BCUT2D eigenvalue weighted by Gasteiger charge is -2.29. The highest BCUT2D eigenvalue weighted by Gasteiger charge is 2.34. The number of nitrogens with zero attached hydrogens (tertiary/aromatic N) is 2. The van der Waals surface area contributed by atoms with Crippen LogP contribution in [-0.4, -0.2) is 22.6 Å². The highest BCUT2D eigenvalue weighted by atomic mass is 32.1. The third kappa shape index (κ3) is 2.42. The second-order valence-electron chi connectivity index (χ2n) is 6.76. The van der Waals surface area contributed by atoms with E-state index in [2.05, 4.69) is 59.3 Å². The Kier molecular flexibility index (Phi) is 3.46. The van der Waals surface area contributed by atoms with E-state index in [0.29, 0.717) is 0 Å². The molecule has 0 radical (unpaired) electrons. The third-order valence-corrected chi connectivity index (χ3v) is 5.69. The zero-order valence-electron chi connectivity index (χ0n) is 12.5. The summed E-state index contributed by atoms with van der Waals surface area (Å²) in [4.78, 5) is 5.85. The summed E-state index contributed by atoms with van der Waals surface area (Å²) in [7, 11) is 0. The molecule has 1 N–H and O–H groups in total. The van der Waals surface area contributed by atoms with Crippen molar-refractivity contribution < 1.29 is 0 Å².